The molecule has 1 aliphatic carbocycles. The van der Waals surface area contributed by atoms with E-state index in [1.54, 1.807) is 6.07 Å². The van der Waals surface area contributed by atoms with E-state index in [-0.39, 0.29) is 23.9 Å². The monoisotopic (exact) mass is 556 g/mol. The number of halogens is 1. The lowest BCUT2D eigenvalue weighted by Crippen LogP contribution is -2.44. The van der Waals surface area contributed by atoms with Crippen molar-refractivity contribution >= 4 is 29.3 Å². The maximum absolute atomic E-state index is 13.2. The second kappa shape index (κ2) is 10.3. The number of hydrogen-bond donors (Lipinski definition) is 2. The molecular formula is C28H33ClN4O4S. The molecule has 1 saturated carbocycles. The first-order valence-corrected chi connectivity index (χ1v) is 14.4. The van der Waals surface area contributed by atoms with Crippen LogP contribution in [0.4, 0.5) is 0 Å². The number of carbonyl (C=O) groups excluding carboxylic acids is 1. The summed E-state index contributed by atoms with van der Waals surface area (Å²) in [6.07, 6.45) is 9.93. The number of amides is 1. The number of thioether (sulfide) groups is 1. The minimum Gasteiger partial charge on any atom is -0.448 e. The van der Waals surface area contributed by atoms with Crippen molar-refractivity contribution in [3.05, 3.63) is 67.9 Å². The van der Waals surface area contributed by atoms with Gasteiger partial charge in [-0.2, -0.15) is 5.10 Å². The summed E-state index contributed by atoms with van der Waals surface area (Å²) in [4.78, 5) is 29.3. The Labute approximate surface area is 231 Å². The maximum Gasteiger partial charge on any atom is 0.254 e. The fourth-order valence-electron chi connectivity index (χ4n) is 5.65. The van der Waals surface area contributed by atoms with Crippen molar-refractivity contribution in [3.63, 3.8) is 0 Å². The molecule has 0 bridgehead atoms. The largest absolute Gasteiger partial charge is 0.448 e. The number of aromatic amines is 1. The first kappa shape index (κ1) is 26.7. The van der Waals surface area contributed by atoms with Gasteiger partial charge in [-0.15, -0.1) is 11.8 Å². The van der Waals surface area contributed by atoms with Crippen LogP contribution in [0, 0.1) is 19.8 Å². The number of pyridine rings is 1. The molecule has 1 atom stereocenters. The molecule has 8 nitrogen and oxygen atoms in total. The van der Waals surface area contributed by atoms with E-state index < -0.39 is 5.79 Å². The van der Waals surface area contributed by atoms with E-state index in [0.717, 1.165) is 36.3 Å². The van der Waals surface area contributed by atoms with E-state index >= 15 is 0 Å². The van der Waals surface area contributed by atoms with Gasteiger partial charge in [-0.25, -0.2) is 0 Å². The van der Waals surface area contributed by atoms with Crippen molar-refractivity contribution < 1.29 is 14.3 Å². The SMILES string of the molecule is CSc1cc(C)[nH]c(=O)c1CNC(=O)c1cc(Cl)c2c(c1C)O[C@@](C)([C@H]1CC[C@H](c3cnn(C)c3)CC1)O2. The Morgan fingerprint density at radius 3 is 2.61 bits per heavy atom. The van der Waals surface area contributed by atoms with Crippen molar-refractivity contribution in [3.8, 4) is 11.5 Å². The molecule has 3 heterocycles. The van der Waals surface area contributed by atoms with Crippen LogP contribution in [-0.2, 0) is 13.6 Å². The van der Waals surface area contributed by atoms with Gasteiger partial charge in [-0.05, 0) is 69.4 Å². The number of fused-ring (bicyclic) bond motifs is 1. The van der Waals surface area contributed by atoms with Gasteiger partial charge in [0.2, 0.25) is 0 Å². The van der Waals surface area contributed by atoms with Gasteiger partial charge in [0.15, 0.2) is 11.5 Å². The summed E-state index contributed by atoms with van der Waals surface area (Å²) in [6, 6.07) is 3.52. The van der Waals surface area contributed by atoms with Crippen LogP contribution in [-0.4, -0.2) is 32.7 Å². The number of nitrogens with one attached hydrogen (secondary N) is 2. The van der Waals surface area contributed by atoms with Crippen LogP contribution in [0.25, 0.3) is 0 Å². The fourth-order valence-corrected chi connectivity index (χ4v) is 6.59. The van der Waals surface area contributed by atoms with Gasteiger partial charge < -0.3 is 19.8 Å². The smallest absolute Gasteiger partial charge is 0.254 e. The molecule has 38 heavy (non-hydrogen) atoms. The van der Waals surface area contributed by atoms with Crippen LogP contribution in [0.2, 0.25) is 5.02 Å². The summed E-state index contributed by atoms with van der Waals surface area (Å²) in [5.41, 5.74) is 3.44. The Bertz CT molecular complexity index is 1440. The number of H-pyrrole nitrogens is 1. The topological polar surface area (TPSA) is 98.2 Å². The van der Waals surface area contributed by atoms with Gasteiger partial charge in [0.05, 0.1) is 11.2 Å². The first-order valence-electron chi connectivity index (χ1n) is 12.8. The van der Waals surface area contributed by atoms with Crippen molar-refractivity contribution in [2.45, 2.75) is 69.6 Å². The number of hydrogen-bond acceptors (Lipinski definition) is 6. The lowest BCUT2D eigenvalue weighted by molar-refractivity contribution is -0.121. The summed E-state index contributed by atoms with van der Waals surface area (Å²) in [6.45, 7) is 5.74. The number of rotatable bonds is 6. The number of ether oxygens (including phenoxy) is 2. The van der Waals surface area contributed by atoms with Crippen LogP contribution in [0.1, 0.15) is 71.3 Å². The molecule has 2 aliphatic rings. The zero-order valence-electron chi connectivity index (χ0n) is 22.3. The van der Waals surface area contributed by atoms with Gasteiger partial charge in [0.1, 0.15) is 0 Å². The third kappa shape index (κ3) is 4.94. The van der Waals surface area contributed by atoms with E-state index in [2.05, 4.69) is 21.6 Å². The molecule has 1 amide bonds. The average Bonchev–Trinajstić information content (AvgIpc) is 3.49. The minimum absolute atomic E-state index is 0.105. The second-order valence-electron chi connectivity index (χ2n) is 10.4. The first-order chi connectivity index (χ1) is 18.1. The molecule has 1 aliphatic heterocycles. The number of carbonyl (C=O) groups is 1. The van der Waals surface area contributed by atoms with Crippen molar-refractivity contribution in [2.24, 2.45) is 13.0 Å². The quantitative estimate of drug-likeness (QED) is 0.389. The molecule has 2 aromatic heterocycles. The Balaban J connectivity index is 1.30. The molecule has 1 fully saturated rings. The highest BCUT2D eigenvalue weighted by molar-refractivity contribution is 7.98. The number of nitrogens with zero attached hydrogens (tertiary/aromatic N) is 2. The van der Waals surface area contributed by atoms with Gasteiger partial charge in [0, 0.05) is 59.9 Å². The molecule has 3 aromatic rings. The molecule has 5 rings (SSSR count). The zero-order valence-corrected chi connectivity index (χ0v) is 23.9. The van der Waals surface area contributed by atoms with Crippen LogP contribution >= 0.6 is 23.4 Å². The highest BCUT2D eigenvalue weighted by atomic mass is 35.5. The molecule has 0 radical (unpaired) electrons. The Kier molecular flexibility index (Phi) is 7.26. The summed E-state index contributed by atoms with van der Waals surface area (Å²) in [7, 11) is 1.94. The highest BCUT2D eigenvalue weighted by Gasteiger charge is 2.47. The summed E-state index contributed by atoms with van der Waals surface area (Å²) in [5, 5.41) is 7.54. The lowest BCUT2D eigenvalue weighted by atomic mass is 9.76. The molecular weight excluding hydrogens is 524 g/mol. The molecule has 2 N–H and O–H groups in total. The van der Waals surface area contributed by atoms with Crippen LogP contribution in [0.15, 0.2) is 34.2 Å². The third-order valence-corrected chi connectivity index (χ3v) is 8.92. The summed E-state index contributed by atoms with van der Waals surface area (Å²) >= 11 is 8.09. The zero-order chi connectivity index (χ0) is 27.2. The number of aryl methyl sites for hydroxylation is 2. The minimum atomic E-state index is -0.853. The van der Waals surface area contributed by atoms with E-state index in [1.807, 2.05) is 51.0 Å². The van der Waals surface area contributed by atoms with Gasteiger partial charge >= 0.3 is 0 Å². The van der Waals surface area contributed by atoms with E-state index in [4.69, 9.17) is 21.1 Å². The van der Waals surface area contributed by atoms with Crippen LogP contribution in [0.5, 0.6) is 11.5 Å². The second-order valence-corrected chi connectivity index (χ2v) is 11.7. The molecule has 202 valence electrons. The van der Waals surface area contributed by atoms with Crippen LogP contribution in [0.3, 0.4) is 0 Å². The highest BCUT2D eigenvalue weighted by Crippen LogP contribution is 2.52. The molecule has 10 heteroatoms. The van der Waals surface area contributed by atoms with E-state index in [0.29, 0.717) is 39.1 Å². The lowest BCUT2D eigenvalue weighted by Gasteiger charge is -2.37. The molecule has 0 saturated heterocycles. The maximum atomic E-state index is 13.2. The summed E-state index contributed by atoms with van der Waals surface area (Å²) < 4.78 is 14.7. The third-order valence-electron chi connectivity index (χ3n) is 7.83. The Hall–Kier alpha value is -2.91. The van der Waals surface area contributed by atoms with Crippen LogP contribution < -0.4 is 20.3 Å². The van der Waals surface area contributed by atoms with E-state index in [9.17, 15) is 9.59 Å². The van der Waals surface area contributed by atoms with E-state index in [1.165, 1.54) is 17.3 Å². The molecule has 0 unspecified atom stereocenters. The van der Waals surface area contributed by atoms with Gasteiger partial charge in [-0.1, -0.05) is 11.6 Å². The van der Waals surface area contributed by atoms with Crippen molar-refractivity contribution in [1.29, 1.82) is 0 Å². The Morgan fingerprint density at radius 2 is 1.95 bits per heavy atom. The van der Waals surface area contributed by atoms with Crippen molar-refractivity contribution in [2.75, 3.05) is 6.26 Å². The van der Waals surface area contributed by atoms with Gasteiger partial charge in [-0.3, -0.25) is 14.3 Å². The predicted octanol–water partition coefficient (Wildman–Crippen LogP) is 5.49. The fraction of sp³-hybridized carbons (Fsp3) is 0.464. The normalized spacial score (nSPS) is 22.5. The Morgan fingerprint density at radius 1 is 1.24 bits per heavy atom. The summed E-state index contributed by atoms with van der Waals surface area (Å²) in [5.74, 6) is 0.492. The average molecular weight is 557 g/mol. The molecule has 1 aromatic carbocycles. The van der Waals surface area contributed by atoms with Gasteiger partial charge in [0.25, 0.3) is 17.3 Å². The number of aromatic nitrogens is 3. The predicted molar refractivity (Wildman–Crippen MR) is 149 cm³/mol. The van der Waals surface area contributed by atoms with Crippen molar-refractivity contribution in [1.82, 2.24) is 20.1 Å². The molecule has 0 spiro atoms. The standard InChI is InChI=1S/C28H33ClN4O4S/c1-15-10-23(38-5)21(27(35)32-15)13-30-26(34)20-11-22(29)25-24(16(20)2)36-28(3,37-25)19-8-6-17(7-9-19)18-12-31-33(4)14-18/h10-12,14,17,19H,6-9,13H2,1-5H3,(H,30,34)(H,32,35)/t17-,19-,28-/m1/s1. The number of benzene rings is 1.